The molecule has 0 atom stereocenters. The molecule has 0 N–H and O–H groups in total. The summed E-state index contributed by atoms with van der Waals surface area (Å²) in [4.78, 5) is 0. The zero-order valence-electron chi connectivity index (χ0n) is 17.7. The van der Waals surface area contributed by atoms with Crippen LogP contribution in [0.25, 0.3) is 6.08 Å². The second kappa shape index (κ2) is 9.06. The summed E-state index contributed by atoms with van der Waals surface area (Å²) in [5.74, 6) is 0. The normalized spacial score (nSPS) is 12.5. The largest absolute Gasteiger partial charge is 0.152 e. The second-order valence-corrected chi connectivity index (χ2v) is 13.2. The number of hydrogen-bond acceptors (Lipinski definition) is 0. The number of benzene rings is 3. The van der Waals surface area contributed by atoms with Crippen molar-refractivity contribution in [1.82, 2.24) is 0 Å². The Hall–Kier alpha value is -2.90. The maximum Gasteiger partial charge on any atom is 0.152 e. The van der Waals surface area contributed by atoms with E-state index in [0.717, 1.165) is 0 Å². The number of allylic oxidation sites excluding steroid dienone is 4. The van der Waals surface area contributed by atoms with Crippen LogP contribution >= 0.6 is 0 Å². The predicted octanol–water partition coefficient (Wildman–Crippen LogP) is 6.41. The van der Waals surface area contributed by atoms with E-state index in [1.165, 1.54) is 21.1 Å². The molecule has 0 saturated carbocycles. The lowest BCUT2D eigenvalue weighted by Crippen LogP contribution is -2.65. The SMILES string of the molecule is C=C(/C=C/C=C/c1ccccc1)[Si](c1ccccc1)(c1ccccc1)C(C)(C)C. The Bertz CT molecular complexity index is 935. The fraction of sp³-hybridized carbons (Fsp3) is 0.143. The topological polar surface area (TPSA) is 0 Å². The zero-order chi connectivity index (χ0) is 20.7. The first-order valence-electron chi connectivity index (χ1n) is 10.2. The standard InChI is InChI=1S/C28H30Si/c1-24(16-14-15-19-25-17-8-5-9-18-25)29(28(2,3)4,26-20-10-6-11-21-26)27-22-12-7-13-23-27/h5-23H,1H2,2-4H3/b16-14+,19-15+. The minimum Gasteiger partial charge on any atom is -0.0990 e. The maximum atomic E-state index is 4.63. The lowest BCUT2D eigenvalue weighted by molar-refractivity contribution is 0.736. The van der Waals surface area contributed by atoms with Crippen molar-refractivity contribution in [3.63, 3.8) is 0 Å². The fourth-order valence-corrected chi connectivity index (χ4v) is 9.79. The highest BCUT2D eigenvalue weighted by Gasteiger charge is 2.48. The summed E-state index contributed by atoms with van der Waals surface area (Å²) < 4.78 is 0. The van der Waals surface area contributed by atoms with E-state index in [1.807, 2.05) is 6.07 Å². The van der Waals surface area contributed by atoms with Crippen LogP contribution in [0.15, 0.2) is 121 Å². The van der Waals surface area contributed by atoms with Crippen molar-refractivity contribution in [1.29, 1.82) is 0 Å². The molecule has 0 aliphatic rings. The molecule has 0 aliphatic carbocycles. The van der Waals surface area contributed by atoms with Crippen LogP contribution in [0, 0.1) is 0 Å². The molecule has 0 saturated heterocycles. The molecule has 0 bridgehead atoms. The number of rotatable bonds is 6. The Morgan fingerprint density at radius 2 is 1.14 bits per heavy atom. The third kappa shape index (κ3) is 4.41. The van der Waals surface area contributed by atoms with Gasteiger partial charge in [-0.1, -0.05) is 148 Å². The summed E-state index contributed by atoms with van der Waals surface area (Å²) in [7, 11) is -2.30. The third-order valence-corrected chi connectivity index (χ3v) is 11.3. The fourth-order valence-electron chi connectivity index (χ4n) is 4.29. The van der Waals surface area contributed by atoms with Crippen molar-refractivity contribution in [2.45, 2.75) is 25.8 Å². The molecule has 0 spiro atoms. The van der Waals surface area contributed by atoms with Crippen LogP contribution < -0.4 is 10.4 Å². The van der Waals surface area contributed by atoms with Crippen molar-refractivity contribution < 1.29 is 0 Å². The molecule has 3 aromatic rings. The minimum absolute atomic E-state index is 0.0697. The molecule has 1 heteroatoms. The molecule has 0 unspecified atom stereocenters. The Morgan fingerprint density at radius 1 is 0.690 bits per heavy atom. The third-order valence-electron chi connectivity index (χ3n) is 5.52. The van der Waals surface area contributed by atoms with Gasteiger partial charge in [0.25, 0.3) is 0 Å². The average Bonchev–Trinajstić information content (AvgIpc) is 2.73. The van der Waals surface area contributed by atoms with Crippen molar-refractivity contribution in [2.75, 3.05) is 0 Å². The highest BCUT2D eigenvalue weighted by atomic mass is 28.3. The van der Waals surface area contributed by atoms with Crippen LogP contribution in [0.3, 0.4) is 0 Å². The average molecular weight is 395 g/mol. The molecule has 29 heavy (non-hydrogen) atoms. The van der Waals surface area contributed by atoms with Gasteiger partial charge in [0.2, 0.25) is 0 Å². The molecular formula is C28H30Si. The summed E-state index contributed by atoms with van der Waals surface area (Å²) in [6, 6.07) is 32.3. The Balaban J connectivity index is 2.06. The lowest BCUT2D eigenvalue weighted by atomic mass is 10.2. The zero-order valence-corrected chi connectivity index (χ0v) is 18.7. The predicted molar refractivity (Wildman–Crippen MR) is 131 cm³/mol. The first kappa shape index (κ1) is 20.8. The molecule has 3 aromatic carbocycles. The Morgan fingerprint density at radius 3 is 1.59 bits per heavy atom. The van der Waals surface area contributed by atoms with Crippen molar-refractivity contribution in [3.8, 4) is 0 Å². The van der Waals surface area contributed by atoms with Gasteiger partial charge in [-0.25, -0.2) is 0 Å². The van der Waals surface area contributed by atoms with Crippen molar-refractivity contribution in [3.05, 3.63) is 127 Å². The van der Waals surface area contributed by atoms with E-state index in [1.54, 1.807) is 0 Å². The first-order chi connectivity index (χ1) is 14.0. The molecule has 146 valence electrons. The van der Waals surface area contributed by atoms with Crippen LogP contribution in [0.1, 0.15) is 26.3 Å². The van der Waals surface area contributed by atoms with Crippen LogP contribution in [-0.4, -0.2) is 8.07 Å². The van der Waals surface area contributed by atoms with Crippen LogP contribution in [-0.2, 0) is 0 Å². The van der Waals surface area contributed by atoms with Gasteiger partial charge in [-0.05, 0) is 21.0 Å². The highest BCUT2D eigenvalue weighted by Crippen LogP contribution is 2.40. The van der Waals surface area contributed by atoms with E-state index in [4.69, 9.17) is 0 Å². The minimum atomic E-state index is -2.30. The van der Waals surface area contributed by atoms with Gasteiger partial charge in [-0.3, -0.25) is 0 Å². The van der Waals surface area contributed by atoms with E-state index >= 15 is 0 Å². The summed E-state index contributed by atoms with van der Waals surface area (Å²) in [5, 5.41) is 4.10. The summed E-state index contributed by atoms with van der Waals surface area (Å²) >= 11 is 0. The first-order valence-corrected chi connectivity index (χ1v) is 12.2. The number of hydrogen-bond donors (Lipinski definition) is 0. The van der Waals surface area contributed by atoms with E-state index in [-0.39, 0.29) is 5.04 Å². The Kier molecular flexibility index (Phi) is 6.51. The van der Waals surface area contributed by atoms with Gasteiger partial charge in [0.15, 0.2) is 8.07 Å². The maximum absolute atomic E-state index is 4.63. The quantitative estimate of drug-likeness (QED) is 0.334. The molecule has 0 radical (unpaired) electrons. The van der Waals surface area contributed by atoms with E-state index in [2.05, 4.69) is 137 Å². The van der Waals surface area contributed by atoms with Crippen LogP contribution in [0.5, 0.6) is 0 Å². The van der Waals surface area contributed by atoms with E-state index in [9.17, 15) is 0 Å². The van der Waals surface area contributed by atoms with Gasteiger partial charge in [-0.15, -0.1) is 0 Å². The van der Waals surface area contributed by atoms with Crippen LogP contribution in [0.4, 0.5) is 0 Å². The highest BCUT2D eigenvalue weighted by molar-refractivity contribution is 7.09. The summed E-state index contributed by atoms with van der Waals surface area (Å²) in [5.41, 5.74) is 1.20. The molecular weight excluding hydrogens is 364 g/mol. The lowest BCUT2D eigenvalue weighted by Gasteiger charge is -2.45. The molecule has 0 heterocycles. The Labute approximate surface area is 177 Å². The smallest absolute Gasteiger partial charge is 0.0990 e. The van der Waals surface area contributed by atoms with Gasteiger partial charge < -0.3 is 0 Å². The van der Waals surface area contributed by atoms with Gasteiger partial charge in [0.1, 0.15) is 0 Å². The monoisotopic (exact) mass is 394 g/mol. The summed E-state index contributed by atoms with van der Waals surface area (Å²) in [6.45, 7) is 11.7. The molecule has 3 rings (SSSR count). The summed E-state index contributed by atoms with van der Waals surface area (Å²) in [6.07, 6.45) is 8.60. The second-order valence-electron chi connectivity index (χ2n) is 8.39. The van der Waals surface area contributed by atoms with Crippen molar-refractivity contribution in [2.24, 2.45) is 0 Å². The van der Waals surface area contributed by atoms with Gasteiger partial charge in [-0.2, -0.15) is 0 Å². The van der Waals surface area contributed by atoms with E-state index < -0.39 is 8.07 Å². The van der Waals surface area contributed by atoms with Crippen molar-refractivity contribution >= 4 is 24.5 Å². The molecule has 0 fully saturated rings. The molecule has 0 amide bonds. The molecule has 0 aromatic heterocycles. The van der Waals surface area contributed by atoms with Gasteiger partial charge >= 0.3 is 0 Å². The molecule has 0 nitrogen and oxygen atoms in total. The molecule has 0 aliphatic heterocycles. The van der Waals surface area contributed by atoms with Crippen LogP contribution in [0.2, 0.25) is 5.04 Å². The van der Waals surface area contributed by atoms with Gasteiger partial charge in [0.05, 0.1) is 0 Å². The van der Waals surface area contributed by atoms with E-state index in [0.29, 0.717) is 0 Å². The van der Waals surface area contributed by atoms with Gasteiger partial charge in [0, 0.05) is 0 Å².